The first-order valence-electron chi connectivity index (χ1n) is 6.89. The lowest BCUT2D eigenvalue weighted by Crippen LogP contribution is -2.45. The molecule has 1 saturated carbocycles. The Hall–Kier alpha value is -1.26. The standard InChI is InChI=1S/C13H25N3O2/c1-3-5-7-10(6-4-2)15-12(17)13(8-9-13)11(14)16-18/h10,18H,3-9H2,1-2H3,(H2,14,16)(H,15,17). The largest absolute Gasteiger partial charge is 0.409 e. The summed E-state index contributed by atoms with van der Waals surface area (Å²) in [4.78, 5) is 12.2. The Morgan fingerprint density at radius 3 is 2.50 bits per heavy atom. The van der Waals surface area contributed by atoms with Gasteiger partial charge in [-0.1, -0.05) is 38.3 Å². The zero-order valence-corrected chi connectivity index (χ0v) is 11.4. The van der Waals surface area contributed by atoms with Crippen LogP contribution >= 0.6 is 0 Å². The monoisotopic (exact) mass is 255 g/mol. The van der Waals surface area contributed by atoms with Gasteiger partial charge in [0, 0.05) is 6.04 Å². The average molecular weight is 255 g/mol. The van der Waals surface area contributed by atoms with Crippen LogP contribution in [0.1, 0.15) is 58.8 Å². The van der Waals surface area contributed by atoms with Gasteiger partial charge >= 0.3 is 0 Å². The van der Waals surface area contributed by atoms with Crippen molar-refractivity contribution >= 4 is 11.7 Å². The Morgan fingerprint density at radius 1 is 1.39 bits per heavy atom. The van der Waals surface area contributed by atoms with Crippen molar-refractivity contribution in [1.82, 2.24) is 5.32 Å². The van der Waals surface area contributed by atoms with E-state index in [0.29, 0.717) is 12.8 Å². The fourth-order valence-corrected chi connectivity index (χ4v) is 2.23. The second kappa shape index (κ2) is 6.61. The average Bonchev–Trinajstić information content (AvgIpc) is 3.16. The van der Waals surface area contributed by atoms with Gasteiger partial charge < -0.3 is 16.3 Å². The maximum Gasteiger partial charge on any atom is 0.234 e. The molecular formula is C13H25N3O2. The van der Waals surface area contributed by atoms with Crippen LogP contribution in [0, 0.1) is 5.41 Å². The Kier molecular flexibility index (Phi) is 5.44. The van der Waals surface area contributed by atoms with Gasteiger partial charge in [0.15, 0.2) is 5.84 Å². The third-order valence-electron chi connectivity index (χ3n) is 3.66. The number of rotatable bonds is 8. The van der Waals surface area contributed by atoms with Crippen molar-refractivity contribution in [3.05, 3.63) is 0 Å². The SMILES string of the molecule is CCCCC(CCC)NC(=O)C1(C(N)=NO)CC1. The summed E-state index contributed by atoms with van der Waals surface area (Å²) in [5.41, 5.74) is 4.87. The number of unbranched alkanes of at least 4 members (excludes halogenated alkanes) is 1. The molecule has 18 heavy (non-hydrogen) atoms. The van der Waals surface area contributed by atoms with Crippen molar-refractivity contribution in [2.75, 3.05) is 0 Å². The van der Waals surface area contributed by atoms with Gasteiger partial charge in [-0.25, -0.2) is 0 Å². The second-order valence-electron chi connectivity index (χ2n) is 5.17. The molecule has 1 aliphatic rings. The Labute approximate surface area is 109 Å². The van der Waals surface area contributed by atoms with E-state index in [1.807, 2.05) is 0 Å². The molecule has 5 nitrogen and oxygen atoms in total. The predicted molar refractivity (Wildman–Crippen MR) is 71.4 cm³/mol. The molecule has 5 heteroatoms. The fraction of sp³-hybridized carbons (Fsp3) is 0.846. The highest BCUT2D eigenvalue weighted by atomic mass is 16.4. The van der Waals surface area contributed by atoms with Crippen LogP contribution in [-0.2, 0) is 4.79 Å². The van der Waals surface area contributed by atoms with Gasteiger partial charge in [-0.15, -0.1) is 0 Å². The van der Waals surface area contributed by atoms with Gasteiger partial charge in [0.05, 0.1) is 0 Å². The molecule has 0 radical (unpaired) electrons. The number of hydrogen-bond donors (Lipinski definition) is 3. The summed E-state index contributed by atoms with van der Waals surface area (Å²) in [6, 6.07) is 0.214. The first kappa shape index (κ1) is 14.8. The number of nitrogens with one attached hydrogen (secondary N) is 1. The van der Waals surface area contributed by atoms with E-state index in [0.717, 1.165) is 32.1 Å². The molecule has 1 aliphatic carbocycles. The van der Waals surface area contributed by atoms with E-state index in [4.69, 9.17) is 10.9 Å². The van der Waals surface area contributed by atoms with Gasteiger partial charge in [-0.05, 0) is 25.7 Å². The van der Waals surface area contributed by atoms with Crippen molar-refractivity contribution < 1.29 is 10.0 Å². The molecule has 0 aromatic rings. The molecule has 104 valence electrons. The molecule has 0 bridgehead atoms. The summed E-state index contributed by atoms with van der Waals surface area (Å²) in [5.74, 6) is -0.0295. The molecule has 0 heterocycles. The number of amides is 1. The van der Waals surface area contributed by atoms with E-state index in [1.54, 1.807) is 0 Å². The Morgan fingerprint density at radius 2 is 2.06 bits per heavy atom. The van der Waals surface area contributed by atoms with Crippen LogP contribution in [0.3, 0.4) is 0 Å². The van der Waals surface area contributed by atoms with Crippen LogP contribution in [0.4, 0.5) is 0 Å². The van der Waals surface area contributed by atoms with E-state index in [1.165, 1.54) is 0 Å². The zero-order valence-electron chi connectivity index (χ0n) is 11.4. The van der Waals surface area contributed by atoms with E-state index >= 15 is 0 Å². The van der Waals surface area contributed by atoms with Crippen LogP contribution < -0.4 is 11.1 Å². The molecule has 1 fully saturated rings. The van der Waals surface area contributed by atoms with E-state index < -0.39 is 5.41 Å². The summed E-state index contributed by atoms with van der Waals surface area (Å²) in [6.07, 6.45) is 6.64. The van der Waals surface area contributed by atoms with Gasteiger partial charge in [-0.3, -0.25) is 4.79 Å². The molecule has 1 atom stereocenters. The lowest BCUT2D eigenvalue weighted by atomic mass is 10.0. The number of nitrogens with two attached hydrogens (primary N) is 1. The second-order valence-corrected chi connectivity index (χ2v) is 5.17. The van der Waals surface area contributed by atoms with Crippen molar-refractivity contribution in [3.8, 4) is 0 Å². The van der Waals surface area contributed by atoms with E-state index in [9.17, 15) is 4.79 Å². The molecular weight excluding hydrogens is 230 g/mol. The first-order valence-corrected chi connectivity index (χ1v) is 6.89. The summed E-state index contributed by atoms with van der Waals surface area (Å²) in [5, 5.41) is 14.8. The molecule has 0 aromatic heterocycles. The molecule has 0 aliphatic heterocycles. The maximum absolute atomic E-state index is 12.2. The number of hydrogen-bond acceptors (Lipinski definition) is 3. The minimum Gasteiger partial charge on any atom is -0.409 e. The predicted octanol–water partition coefficient (Wildman–Crippen LogP) is 1.99. The van der Waals surface area contributed by atoms with Crippen molar-refractivity contribution in [1.29, 1.82) is 0 Å². The lowest BCUT2D eigenvalue weighted by molar-refractivity contribution is -0.124. The topological polar surface area (TPSA) is 87.7 Å². The Bertz CT molecular complexity index is 311. The third-order valence-corrected chi connectivity index (χ3v) is 3.66. The third kappa shape index (κ3) is 3.37. The van der Waals surface area contributed by atoms with Gasteiger partial charge in [-0.2, -0.15) is 0 Å². The first-order chi connectivity index (χ1) is 8.60. The summed E-state index contributed by atoms with van der Waals surface area (Å²) < 4.78 is 0. The highest BCUT2D eigenvalue weighted by Crippen LogP contribution is 2.46. The molecule has 0 spiro atoms. The van der Waals surface area contributed by atoms with Crippen LogP contribution in [0.5, 0.6) is 0 Å². The minimum absolute atomic E-state index is 0.0470. The van der Waals surface area contributed by atoms with Crippen LogP contribution in [-0.4, -0.2) is 23.0 Å². The van der Waals surface area contributed by atoms with E-state index in [2.05, 4.69) is 24.3 Å². The number of carbonyl (C=O) groups is 1. The minimum atomic E-state index is -0.729. The van der Waals surface area contributed by atoms with Crippen molar-refractivity contribution in [2.24, 2.45) is 16.3 Å². The maximum atomic E-state index is 12.2. The smallest absolute Gasteiger partial charge is 0.234 e. The molecule has 4 N–H and O–H groups in total. The van der Waals surface area contributed by atoms with E-state index in [-0.39, 0.29) is 17.8 Å². The molecule has 1 amide bonds. The van der Waals surface area contributed by atoms with Crippen LogP contribution in [0.15, 0.2) is 5.16 Å². The lowest BCUT2D eigenvalue weighted by Gasteiger charge is -2.21. The number of amidine groups is 1. The molecule has 1 rings (SSSR count). The van der Waals surface area contributed by atoms with Crippen molar-refractivity contribution in [2.45, 2.75) is 64.8 Å². The highest BCUT2D eigenvalue weighted by Gasteiger charge is 2.54. The van der Waals surface area contributed by atoms with Gasteiger partial charge in [0.2, 0.25) is 5.91 Å². The fourth-order valence-electron chi connectivity index (χ4n) is 2.23. The van der Waals surface area contributed by atoms with Crippen LogP contribution in [0.2, 0.25) is 0 Å². The number of carbonyl (C=O) groups excluding carboxylic acids is 1. The summed E-state index contributed by atoms with van der Waals surface area (Å²) in [7, 11) is 0. The molecule has 1 unspecified atom stereocenters. The quantitative estimate of drug-likeness (QED) is 0.268. The number of nitrogens with zero attached hydrogens (tertiary/aromatic N) is 1. The van der Waals surface area contributed by atoms with Crippen molar-refractivity contribution in [3.63, 3.8) is 0 Å². The molecule has 0 aromatic carbocycles. The van der Waals surface area contributed by atoms with Crippen LogP contribution in [0.25, 0.3) is 0 Å². The summed E-state index contributed by atoms with van der Waals surface area (Å²) in [6.45, 7) is 4.26. The number of oxime groups is 1. The highest BCUT2D eigenvalue weighted by molar-refractivity contribution is 6.09. The normalized spacial score (nSPS) is 19.3. The van der Waals surface area contributed by atoms with Gasteiger partial charge in [0.25, 0.3) is 0 Å². The summed E-state index contributed by atoms with van der Waals surface area (Å²) >= 11 is 0. The zero-order chi connectivity index (χ0) is 13.6. The molecule has 0 saturated heterocycles. The van der Waals surface area contributed by atoms with Gasteiger partial charge in [0.1, 0.15) is 5.41 Å². The Balaban J connectivity index is 2.56.